The molecule has 1 aromatic carbocycles. The third-order valence-electron chi connectivity index (χ3n) is 4.63. The van der Waals surface area contributed by atoms with Gasteiger partial charge in [-0.1, -0.05) is 6.92 Å². The van der Waals surface area contributed by atoms with E-state index in [9.17, 15) is 4.39 Å². The molecular formula is C16H24FNO. The molecule has 5 unspecified atom stereocenters. The summed E-state index contributed by atoms with van der Waals surface area (Å²) in [6, 6.07) is 3.03. The lowest BCUT2D eigenvalue weighted by Crippen LogP contribution is -2.31. The Bertz CT molecular complexity index is 451. The normalized spacial score (nSPS) is 32.6. The van der Waals surface area contributed by atoms with Crippen LogP contribution in [-0.4, -0.2) is 12.2 Å². The fraction of sp³-hybridized carbons (Fsp3) is 0.625. The Kier molecular flexibility index (Phi) is 3.98. The number of halogens is 1. The highest BCUT2D eigenvalue weighted by atomic mass is 19.1. The Balaban J connectivity index is 2.37. The Morgan fingerprint density at radius 2 is 1.63 bits per heavy atom. The van der Waals surface area contributed by atoms with Gasteiger partial charge in [-0.15, -0.1) is 0 Å². The molecule has 1 heterocycles. The molecule has 1 aliphatic heterocycles. The molecule has 3 heteroatoms. The molecule has 1 saturated heterocycles. The first-order valence-electron chi connectivity index (χ1n) is 7.00. The Hall–Kier alpha value is -0.930. The van der Waals surface area contributed by atoms with Crippen LogP contribution >= 0.6 is 0 Å². The molecule has 2 N–H and O–H groups in total. The van der Waals surface area contributed by atoms with Crippen molar-refractivity contribution in [2.75, 3.05) is 0 Å². The fourth-order valence-corrected chi connectivity index (χ4v) is 3.55. The standard InChI is InChI=1S/C16H24FNO/c1-8-6-13(17)7-9(2)14(8)16(18)15-10(3)11(4)19-12(15)5/h6-7,10-12,15-16H,18H2,1-5H3. The summed E-state index contributed by atoms with van der Waals surface area (Å²) < 4.78 is 19.3. The number of nitrogens with two attached hydrogens (primary N) is 1. The van der Waals surface area contributed by atoms with E-state index in [-0.39, 0.29) is 30.0 Å². The molecule has 2 nitrogen and oxygen atoms in total. The predicted octanol–water partition coefficient (Wildman–Crippen LogP) is 3.50. The van der Waals surface area contributed by atoms with Crippen molar-refractivity contribution in [3.63, 3.8) is 0 Å². The zero-order chi connectivity index (χ0) is 14.3. The van der Waals surface area contributed by atoms with Gasteiger partial charge in [-0.3, -0.25) is 0 Å². The largest absolute Gasteiger partial charge is 0.375 e. The summed E-state index contributed by atoms with van der Waals surface area (Å²) in [6.45, 7) is 10.2. The minimum atomic E-state index is -0.192. The summed E-state index contributed by atoms with van der Waals surface area (Å²) >= 11 is 0. The average molecular weight is 265 g/mol. The average Bonchev–Trinajstić information content (AvgIpc) is 2.51. The van der Waals surface area contributed by atoms with E-state index in [1.165, 1.54) is 0 Å². The van der Waals surface area contributed by atoms with Crippen molar-refractivity contribution in [2.24, 2.45) is 17.6 Å². The minimum absolute atomic E-state index is 0.101. The molecule has 1 aromatic rings. The first kappa shape index (κ1) is 14.5. The first-order valence-corrected chi connectivity index (χ1v) is 7.00. The highest BCUT2D eigenvalue weighted by Gasteiger charge is 2.41. The van der Waals surface area contributed by atoms with Crippen LogP contribution in [0, 0.1) is 31.5 Å². The lowest BCUT2D eigenvalue weighted by atomic mass is 9.78. The number of hydrogen-bond acceptors (Lipinski definition) is 2. The number of ether oxygens (including phenoxy) is 1. The van der Waals surface area contributed by atoms with Crippen molar-refractivity contribution in [3.05, 3.63) is 34.6 Å². The quantitative estimate of drug-likeness (QED) is 0.888. The van der Waals surface area contributed by atoms with Gasteiger partial charge in [-0.25, -0.2) is 4.39 Å². The summed E-state index contributed by atoms with van der Waals surface area (Å²) in [5, 5.41) is 0. The first-order chi connectivity index (χ1) is 8.82. The third kappa shape index (κ3) is 2.54. The van der Waals surface area contributed by atoms with Gasteiger partial charge in [0.2, 0.25) is 0 Å². The van der Waals surface area contributed by atoms with Gasteiger partial charge >= 0.3 is 0 Å². The molecule has 0 radical (unpaired) electrons. The molecule has 0 saturated carbocycles. The summed E-state index contributed by atoms with van der Waals surface area (Å²) in [6.07, 6.45) is 0.371. The number of hydrogen-bond donors (Lipinski definition) is 1. The fourth-order valence-electron chi connectivity index (χ4n) is 3.55. The highest BCUT2D eigenvalue weighted by Crippen LogP contribution is 2.40. The number of rotatable bonds is 2. The van der Waals surface area contributed by atoms with E-state index in [0.717, 1.165) is 16.7 Å². The Morgan fingerprint density at radius 1 is 1.11 bits per heavy atom. The van der Waals surface area contributed by atoms with Crippen LogP contribution in [0.3, 0.4) is 0 Å². The van der Waals surface area contributed by atoms with Gasteiger partial charge in [-0.05, 0) is 62.4 Å². The van der Waals surface area contributed by atoms with Crippen molar-refractivity contribution in [1.29, 1.82) is 0 Å². The van der Waals surface area contributed by atoms with E-state index in [2.05, 4.69) is 20.8 Å². The molecule has 5 atom stereocenters. The summed E-state index contributed by atoms with van der Waals surface area (Å²) in [5.74, 6) is 0.495. The molecule has 0 aromatic heterocycles. The minimum Gasteiger partial charge on any atom is -0.375 e. The van der Waals surface area contributed by atoms with Crippen molar-refractivity contribution in [3.8, 4) is 0 Å². The van der Waals surface area contributed by atoms with Crippen LogP contribution < -0.4 is 5.73 Å². The van der Waals surface area contributed by atoms with Crippen molar-refractivity contribution < 1.29 is 9.13 Å². The maximum Gasteiger partial charge on any atom is 0.123 e. The van der Waals surface area contributed by atoms with Crippen LogP contribution in [0.2, 0.25) is 0 Å². The molecule has 0 aliphatic carbocycles. The van der Waals surface area contributed by atoms with E-state index in [1.807, 2.05) is 13.8 Å². The summed E-state index contributed by atoms with van der Waals surface area (Å²) in [7, 11) is 0. The molecule has 106 valence electrons. The lowest BCUT2D eigenvalue weighted by molar-refractivity contribution is 0.0489. The third-order valence-corrected chi connectivity index (χ3v) is 4.63. The molecule has 2 rings (SSSR count). The molecule has 0 amide bonds. The van der Waals surface area contributed by atoms with Gasteiger partial charge in [0.15, 0.2) is 0 Å². The molecule has 1 aliphatic rings. The number of benzene rings is 1. The predicted molar refractivity (Wildman–Crippen MR) is 75.5 cm³/mol. The second kappa shape index (κ2) is 5.22. The van der Waals surface area contributed by atoms with Gasteiger partial charge in [0, 0.05) is 12.0 Å². The van der Waals surface area contributed by atoms with Crippen LogP contribution in [0.1, 0.15) is 43.5 Å². The van der Waals surface area contributed by atoms with E-state index in [4.69, 9.17) is 10.5 Å². The lowest BCUT2D eigenvalue weighted by Gasteiger charge is -2.28. The Labute approximate surface area is 115 Å². The van der Waals surface area contributed by atoms with Crippen molar-refractivity contribution in [2.45, 2.75) is 52.9 Å². The van der Waals surface area contributed by atoms with Crippen LogP contribution in [0.4, 0.5) is 4.39 Å². The number of aryl methyl sites for hydroxylation is 2. The van der Waals surface area contributed by atoms with Crippen molar-refractivity contribution in [1.82, 2.24) is 0 Å². The molecule has 1 fully saturated rings. The molecule has 19 heavy (non-hydrogen) atoms. The summed E-state index contributed by atoms with van der Waals surface area (Å²) in [5.41, 5.74) is 9.43. The highest BCUT2D eigenvalue weighted by molar-refractivity contribution is 5.37. The van der Waals surface area contributed by atoms with Crippen molar-refractivity contribution >= 4 is 0 Å². The maximum absolute atomic E-state index is 13.4. The van der Waals surface area contributed by atoms with Gasteiger partial charge in [0.05, 0.1) is 12.2 Å². The van der Waals surface area contributed by atoms with Crippen LogP contribution in [0.25, 0.3) is 0 Å². The van der Waals surface area contributed by atoms with Crippen LogP contribution in [-0.2, 0) is 4.74 Å². The van der Waals surface area contributed by atoms with Gasteiger partial charge < -0.3 is 10.5 Å². The summed E-state index contributed by atoms with van der Waals surface area (Å²) in [4.78, 5) is 0. The van der Waals surface area contributed by atoms with E-state index in [1.54, 1.807) is 12.1 Å². The van der Waals surface area contributed by atoms with Gasteiger partial charge in [0.1, 0.15) is 5.82 Å². The van der Waals surface area contributed by atoms with Crippen LogP contribution in [0.5, 0.6) is 0 Å². The smallest absolute Gasteiger partial charge is 0.123 e. The van der Waals surface area contributed by atoms with E-state index < -0.39 is 0 Å². The van der Waals surface area contributed by atoms with Crippen LogP contribution in [0.15, 0.2) is 12.1 Å². The van der Waals surface area contributed by atoms with E-state index in [0.29, 0.717) is 5.92 Å². The Morgan fingerprint density at radius 3 is 2.05 bits per heavy atom. The zero-order valence-corrected chi connectivity index (χ0v) is 12.4. The zero-order valence-electron chi connectivity index (χ0n) is 12.4. The molecule has 0 spiro atoms. The second-order valence-electron chi connectivity index (χ2n) is 5.96. The molecule has 0 bridgehead atoms. The topological polar surface area (TPSA) is 35.2 Å². The van der Waals surface area contributed by atoms with Gasteiger partial charge in [-0.2, -0.15) is 0 Å². The molecular weight excluding hydrogens is 241 g/mol. The maximum atomic E-state index is 13.4. The SMILES string of the molecule is Cc1cc(F)cc(C)c1C(N)C1C(C)OC(C)C1C. The monoisotopic (exact) mass is 265 g/mol. The van der Waals surface area contributed by atoms with Gasteiger partial charge in [0.25, 0.3) is 0 Å². The second-order valence-corrected chi connectivity index (χ2v) is 5.96. The van der Waals surface area contributed by atoms with E-state index >= 15 is 0 Å².